The molecular formula is C10H11N3S2. The zero-order valence-electron chi connectivity index (χ0n) is 8.14. The molecule has 1 aliphatic carbocycles. The van der Waals surface area contributed by atoms with Gasteiger partial charge < -0.3 is 5.73 Å². The zero-order chi connectivity index (χ0) is 10.3. The SMILES string of the molecule is Nc1nsc(C2CCCc3sccc32)n1. The molecule has 0 spiro atoms. The molecule has 1 unspecified atom stereocenters. The normalized spacial score (nSPS) is 20.1. The van der Waals surface area contributed by atoms with Crippen LogP contribution in [0.1, 0.15) is 34.2 Å². The fourth-order valence-electron chi connectivity index (χ4n) is 2.13. The standard InChI is InChI=1S/C10H11N3S2/c11-10-12-9(15-13-10)7-2-1-3-8-6(7)4-5-14-8/h4-5,7H,1-3H2,(H2,11,13). The van der Waals surface area contributed by atoms with Crippen LogP contribution in [-0.4, -0.2) is 9.36 Å². The Morgan fingerprint density at radius 3 is 3.20 bits per heavy atom. The number of thiophene rings is 1. The summed E-state index contributed by atoms with van der Waals surface area (Å²) in [4.78, 5) is 5.82. The summed E-state index contributed by atoms with van der Waals surface area (Å²) >= 11 is 3.30. The van der Waals surface area contributed by atoms with Crippen LogP contribution in [-0.2, 0) is 6.42 Å². The lowest BCUT2D eigenvalue weighted by Crippen LogP contribution is -2.08. The lowest BCUT2D eigenvalue weighted by molar-refractivity contribution is 0.622. The van der Waals surface area contributed by atoms with Gasteiger partial charge in [0.25, 0.3) is 0 Å². The van der Waals surface area contributed by atoms with Crippen LogP contribution in [0.15, 0.2) is 11.4 Å². The van der Waals surface area contributed by atoms with Crippen molar-refractivity contribution >= 4 is 28.8 Å². The summed E-state index contributed by atoms with van der Waals surface area (Å²) in [6.45, 7) is 0. The molecule has 78 valence electrons. The van der Waals surface area contributed by atoms with E-state index in [0.717, 1.165) is 5.01 Å². The summed E-state index contributed by atoms with van der Waals surface area (Å²) in [5.41, 5.74) is 7.02. The lowest BCUT2D eigenvalue weighted by atomic mass is 9.88. The van der Waals surface area contributed by atoms with E-state index in [1.807, 2.05) is 11.3 Å². The van der Waals surface area contributed by atoms with E-state index in [-0.39, 0.29) is 0 Å². The third kappa shape index (κ3) is 1.55. The third-order valence-corrected chi connectivity index (χ3v) is 4.65. The molecule has 0 aliphatic heterocycles. The predicted molar refractivity (Wildman–Crippen MR) is 63.4 cm³/mol. The molecule has 0 saturated heterocycles. The molecule has 2 aromatic rings. The molecule has 3 rings (SSSR count). The summed E-state index contributed by atoms with van der Waals surface area (Å²) in [5.74, 6) is 0.854. The quantitative estimate of drug-likeness (QED) is 0.829. The summed E-state index contributed by atoms with van der Waals surface area (Å²) in [7, 11) is 0. The maximum Gasteiger partial charge on any atom is 0.232 e. The van der Waals surface area contributed by atoms with Crippen LogP contribution < -0.4 is 5.73 Å². The van der Waals surface area contributed by atoms with Gasteiger partial charge in [0.15, 0.2) is 0 Å². The van der Waals surface area contributed by atoms with Crippen molar-refractivity contribution in [2.75, 3.05) is 5.73 Å². The van der Waals surface area contributed by atoms with Crippen molar-refractivity contribution in [1.82, 2.24) is 9.36 Å². The number of nitrogens with two attached hydrogens (primary N) is 1. The van der Waals surface area contributed by atoms with Crippen LogP contribution in [0.3, 0.4) is 0 Å². The number of hydrogen-bond acceptors (Lipinski definition) is 5. The van der Waals surface area contributed by atoms with E-state index in [1.165, 1.54) is 41.2 Å². The Morgan fingerprint density at radius 1 is 1.47 bits per heavy atom. The number of aryl methyl sites for hydroxylation is 1. The van der Waals surface area contributed by atoms with Crippen LogP contribution in [0.25, 0.3) is 0 Å². The molecule has 15 heavy (non-hydrogen) atoms. The van der Waals surface area contributed by atoms with E-state index < -0.39 is 0 Å². The minimum atomic E-state index is 0.414. The van der Waals surface area contributed by atoms with Crippen molar-refractivity contribution in [2.24, 2.45) is 0 Å². The maximum absolute atomic E-state index is 5.57. The number of aromatic nitrogens is 2. The Hall–Kier alpha value is -0.940. The van der Waals surface area contributed by atoms with Crippen LogP contribution in [0.5, 0.6) is 0 Å². The Bertz CT molecular complexity index is 474. The highest BCUT2D eigenvalue weighted by molar-refractivity contribution is 7.10. The van der Waals surface area contributed by atoms with Crippen LogP contribution >= 0.6 is 22.9 Å². The van der Waals surface area contributed by atoms with E-state index in [1.54, 1.807) is 0 Å². The monoisotopic (exact) mass is 237 g/mol. The van der Waals surface area contributed by atoms with Gasteiger partial charge >= 0.3 is 0 Å². The minimum absolute atomic E-state index is 0.414. The molecule has 0 amide bonds. The van der Waals surface area contributed by atoms with Gasteiger partial charge in [-0.25, -0.2) is 4.98 Å². The van der Waals surface area contributed by atoms with Gasteiger partial charge in [0, 0.05) is 10.8 Å². The Kier molecular flexibility index (Phi) is 2.21. The fourth-order valence-corrected chi connectivity index (χ4v) is 3.85. The van der Waals surface area contributed by atoms with Gasteiger partial charge in [-0.1, -0.05) is 0 Å². The topological polar surface area (TPSA) is 51.8 Å². The lowest BCUT2D eigenvalue weighted by Gasteiger charge is -2.19. The molecule has 2 heterocycles. The van der Waals surface area contributed by atoms with Crippen LogP contribution in [0.4, 0.5) is 5.95 Å². The van der Waals surface area contributed by atoms with Crippen LogP contribution in [0.2, 0.25) is 0 Å². The smallest absolute Gasteiger partial charge is 0.232 e. The predicted octanol–water partition coefficient (Wildman–Crippen LogP) is 2.65. The number of rotatable bonds is 1. The number of hydrogen-bond donors (Lipinski definition) is 1. The van der Waals surface area contributed by atoms with E-state index >= 15 is 0 Å². The fraction of sp³-hybridized carbons (Fsp3) is 0.400. The first kappa shape index (κ1) is 9.30. The molecule has 2 aromatic heterocycles. The van der Waals surface area contributed by atoms with Gasteiger partial charge in [-0.3, -0.25) is 0 Å². The van der Waals surface area contributed by atoms with E-state index in [4.69, 9.17) is 5.73 Å². The molecule has 0 fully saturated rings. The van der Waals surface area contributed by atoms with Crippen molar-refractivity contribution in [2.45, 2.75) is 25.2 Å². The summed E-state index contributed by atoms with van der Waals surface area (Å²) < 4.78 is 4.06. The van der Waals surface area contributed by atoms with Crippen molar-refractivity contribution in [3.63, 3.8) is 0 Å². The maximum atomic E-state index is 5.57. The second kappa shape index (κ2) is 3.57. The van der Waals surface area contributed by atoms with Crippen molar-refractivity contribution < 1.29 is 0 Å². The Morgan fingerprint density at radius 2 is 2.40 bits per heavy atom. The molecule has 0 bridgehead atoms. The number of nitrogen functional groups attached to an aromatic ring is 1. The van der Waals surface area contributed by atoms with E-state index in [2.05, 4.69) is 20.8 Å². The minimum Gasteiger partial charge on any atom is -0.367 e. The molecule has 0 aromatic carbocycles. The van der Waals surface area contributed by atoms with Gasteiger partial charge in [-0.2, -0.15) is 4.37 Å². The van der Waals surface area contributed by atoms with Crippen molar-refractivity contribution in [3.05, 3.63) is 26.9 Å². The number of anilines is 1. The second-order valence-corrected chi connectivity index (χ2v) is 5.52. The van der Waals surface area contributed by atoms with Gasteiger partial charge in [0.05, 0.1) is 0 Å². The van der Waals surface area contributed by atoms with Crippen LogP contribution in [0, 0.1) is 0 Å². The first-order valence-corrected chi connectivity index (χ1v) is 6.65. The first-order valence-electron chi connectivity index (χ1n) is 5.00. The molecule has 1 atom stereocenters. The van der Waals surface area contributed by atoms with E-state index in [0.29, 0.717) is 11.9 Å². The van der Waals surface area contributed by atoms with Crippen molar-refractivity contribution in [1.29, 1.82) is 0 Å². The Labute approximate surface area is 96.1 Å². The molecule has 0 radical (unpaired) electrons. The average molecular weight is 237 g/mol. The Balaban J connectivity index is 2.02. The molecule has 1 aliphatic rings. The highest BCUT2D eigenvalue weighted by atomic mass is 32.1. The molecule has 3 nitrogen and oxygen atoms in total. The van der Waals surface area contributed by atoms with Gasteiger partial charge in [-0.05, 0) is 47.8 Å². The van der Waals surface area contributed by atoms with E-state index in [9.17, 15) is 0 Å². The first-order chi connectivity index (χ1) is 7.34. The van der Waals surface area contributed by atoms with Gasteiger partial charge in [0.1, 0.15) is 5.01 Å². The third-order valence-electron chi connectivity index (χ3n) is 2.81. The molecule has 2 N–H and O–H groups in total. The average Bonchev–Trinajstić information content (AvgIpc) is 2.84. The summed E-state index contributed by atoms with van der Waals surface area (Å²) in [6.07, 6.45) is 3.65. The molecule has 0 saturated carbocycles. The largest absolute Gasteiger partial charge is 0.367 e. The van der Waals surface area contributed by atoms with Gasteiger partial charge in [-0.15, -0.1) is 11.3 Å². The second-order valence-electron chi connectivity index (χ2n) is 3.73. The van der Waals surface area contributed by atoms with Crippen molar-refractivity contribution in [3.8, 4) is 0 Å². The number of fused-ring (bicyclic) bond motifs is 1. The highest BCUT2D eigenvalue weighted by Crippen LogP contribution is 2.39. The van der Waals surface area contributed by atoms with Gasteiger partial charge in [0.2, 0.25) is 5.95 Å². The number of nitrogens with zero attached hydrogens (tertiary/aromatic N) is 2. The molecular weight excluding hydrogens is 226 g/mol. The summed E-state index contributed by atoms with van der Waals surface area (Å²) in [6, 6.07) is 2.22. The molecule has 5 heteroatoms. The highest BCUT2D eigenvalue weighted by Gasteiger charge is 2.25. The zero-order valence-corrected chi connectivity index (χ0v) is 9.77. The summed E-state index contributed by atoms with van der Waals surface area (Å²) in [5, 5.41) is 3.25.